The molecule has 3 heteroatoms. The normalized spacial score (nSPS) is 10.1. The molecule has 3 aromatic carbocycles. The van der Waals surface area contributed by atoms with Crippen molar-refractivity contribution in [1.82, 2.24) is 0 Å². The Kier molecular flexibility index (Phi) is 4.92. The van der Waals surface area contributed by atoms with Crippen LogP contribution in [0.4, 0.5) is 0 Å². The van der Waals surface area contributed by atoms with E-state index in [0.717, 1.165) is 16.3 Å². The summed E-state index contributed by atoms with van der Waals surface area (Å²) < 4.78 is 0. The Bertz CT molecular complexity index is 768. The fourth-order valence-electron chi connectivity index (χ4n) is 2.28. The molecule has 22 heavy (non-hydrogen) atoms. The molecule has 112 valence electrons. The zero-order valence-corrected chi connectivity index (χ0v) is 12.4. The number of benzene rings is 3. The number of carboxylic acid groups (broad SMARTS) is 1. The molecule has 0 bridgehead atoms. The van der Waals surface area contributed by atoms with Gasteiger partial charge in [0.2, 0.25) is 0 Å². The van der Waals surface area contributed by atoms with Gasteiger partial charge >= 0.3 is 5.97 Å². The molecule has 0 amide bonds. The largest absolute Gasteiger partial charge is 0.478 e. The molecule has 0 atom stereocenters. The standard InChI is InChI=1S/C15H12O.C4H6O2/c16-10-15-13-7-3-1-5-11(13)9-12-6-2-4-8-14(12)15;1-3(2)4(5)6/h1-9,16H,10H2;1H2,2H3,(H,5,6). The zero-order valence-electron chi connectivity index (χ0n) is 12.4. The highest BCUT2D eigenvalue weighted by atomic mass is 16.4. The van der Waals surface area contributed by atoms with Crippen molar-refractivity contribution in [2.45, 2.75) is 13.5 Å². The number of hydrogen-bond donors (Lipinski definition) is 2. The summed E-state index contributed by atoms with van der Waals surface area (Å²) in [5.41, 5.74) is 1.20. The van der Waals surface area contributed by atoms with Crippen LogP contribution >= 0.6 is 0 Å². The van der Waals surface area contributed by atoms with E-state index in [-0.39, 0.29) is 12.2 Å². The van der Waals surface area contributed by atoms with Gasteiger partial charge in [-0.1, -0.05) is 55.1 Å². The number of carbonyl (C=O) groups is 1. The second kappa shape index (κ2) is 6.87. The Morgan fingerprint density at radius 2 is 1.41 bits per heavy atom. The number of aliphatic hydroxyl groups is 1. The van der Waals surface area contributed by atoms with E-state index in [1.54, 1.807) is 0 Å². The van der Waals surface area contributed by atoms with Crippen molar-refractivity contribution in [3.05, 3.63) is 72.3 Å². The van der Waals surface area contributed by atoms with E-state index in [1.165, 1.54) is 17.7 Å². The van der Waals surface area contributed by atoms with Gasteiger partial charge in [0.1, 0.15) is 0 Å². The van der Waals surface area contributed by atoms with Crippen molar-refractivity contribution in [3.8, 4) is 0 Å². The minimum Gasteiger partial charge on any atom is -0.478 e. The summed E-state index contributed by atoms with van der Waals surface area (Å²) >= 11 is 0. The van der Waals surface area contributed by atoms with Crippen LogP contribution in [0.25, 0.3) is 21.5 Å². The van der Waals surface area contributed by atoms with Crippen LogP contribution in [-0.2, 0) is 11.4 Å². The van der Waals surface area contributed by atoms with E-state index in [0.29, 0.717) is 0 Å². The van der Waals surface area contributed by atoms with Crippen LogP contribution < -0.4 is 0 Å². The number of carboxylic acids is 1. The third-order valence-electron chi connectivity index (χ3n) is 3.41. The molecule has 0 aromatic heterocycles. The molecule has 0 fully saturated rings. The fourth-order valence-corrected chi connectivity index (χ4v) is 2.28. The van der Waals surface area contributed by atoms with Crippen molar-refractivity contribution in [2.75, 3.05) is 0 Å². The van der Waals surface area contributed by atoms with E-state index >= 15 is 0 Å². The maximum absolute atomic E-state index is 9.60. The molecule has 0 aliphatic heterocycles. The lowest BCUT2D eigenvalue weighted by molar-refractivity contribution is -0.132. The third kappa shape index (κ3) is 3.32. The van der Waals surface area contributed by atoms with Crippen LogP contribution in [-0.4, -0.2) is 16.2 Å². The molecule has 3 nitrogen and oxygen atoms in total. The molecule has 3 aromatic rings. The number of fused-ring (bicyclic) bond motifs is 2. The summed E-state index contributed by atoms with van der Waals surface area (Å²) in [6, 6.07) is 18.5. The molecule has 0 aliphatic rings. The number of hydrogen-bond acceptors (Lipinski definition) is 2. The monoisotopic (exact) mass is 294 g/mol. The first-order valence-electron chi connectivity index (χ1n) is 6.93. The van der Waals surface area contributed by atoms with Gasteiger partial charge in [0.15, 0.2) is 0 Å². The highest BCUT2D eigenvalue weighted by Gasteiger charge is 2.05. The summed E-state index contributed by atoms with van der Waals surface area (Å²) in [7, 11) is 0. The predicted octanol–water partition coefficient (Wildman–Crippen LogP) is 4.13. The summed E-state index contributed by atoms with van der Waals surface area (Å²) in [6.45, 7) is 4.69. The molecular formula is C19H18O3. The Morgan fingerprint density at radius 1 is 1.00 bits per heavy atom. The summed E-state index contributed by atoms with van der Waals surface area (Å²) in [5.74, 6) is -0.935. The van der Waals surface area contributed by atoms with Crippen molar-refractivity contribution < 1.29 is 15.0 Å². The lowest BCUT2D eigenvalue weighted by Crippen LogP contribution is -1.92. The predicted molar refractivity (Wildman–Crippen MR) is 89.8 cm³/mol. The topological polar surface area (TPSA) is 57.5 Å². The second-order valence-electron chi connectivity index (χ2n) is 5.04. The SMILES string of the molecule is C=C(C)C(=O)O.OCc1c2ccccc2cc2ccccc12. The van der Waals surface area contributed by atoms with Gasteiger partial charge in [-0.05, 0) is 40.1 Å². The minimum atomic E-state index is -0.935. The number of aliphatic carboxylic acids is 1. The van der Waals surface area contributed by atoms with Crippen LogP contribution in [0.15, 0.2) is 66.7 Å². The molecule has 0 saturated heterocycles. The van der Waals surface area contributed by atoms with Crippen molar-refractivity contribution in [3.63, 3.8) is 0 Å². The average Bonchev–Trinajstić information content (AvgIpc) is 2.53. The summed E-state index contributed by atoms with van der Waals surface area (Å²) in [4.78, 5) is 9.60. The molecular weight excluding hydrogens is 276 g/mol. The molecule has 0 aliphatic carbocycles. The van der Waals surface area contributed by atoms with E-state index in [4.69, 9.17) is 5.11 Å². The molecule has 2 N–H and O–H groups in total. The maximum atomic E-state index is 9.60. The van der Waals surface area contributed by atoms with E-state index in [2.05, 4.69) is 36.9 Å². The number of aliphatic hydroxyl groups excluding tert-OH is 1. The van der Waals surface area contributed by atoms with Gasteiger partial charge in [0.05, 0.1) is 6.61 Å². The minimum absolute atomic E-state index is 0.0852. The van der Waals surface area contributed by atoms with E-state index in [1.807, 2.05) is 24.3 Å². The molecule has 3 rings (SSSR count). The van der Waals surface area contributed by atoms with E-state index in [9.17, 15) is 9.90 Å². The highest BCUT2D eigenvalue weighted by molar-refractivity contribution is 6.02. The van der Waals surface area contributed by atoms with Gasteiger partial charge in [-0.2, -0.15) is 0 Å². The molecule has 0 heterocycles. The Labute approximate surface area is 129 Å². The Morgan fingerprint density at radius 3 is 1.77 bits per heavy atom. The van der Waals surface area contributed by atoms with Crippen LogP contribution in [0.5, 0.6) is 0 Å². The molecule has 0 unspecified atom stereocenters. The van der Waals surface area contributed by atoms with Crippen molar-refractivity contribution in [2.24, 2.45) is 0 Å². The quantitative estimate of drug-likeness (QED) is 0.552. The first kappa shape index (κ1) is 15.7. The lowest BCUT2D eigenvalue weighted by Gasteiger charge is -2.08. The maximum Gasteiger partial charge on any atom is 0.330 e. The van der Waals surface area contributed by atoms with Gasteiger partial charge in [-0.15, -0.1) is 0 Å². The fraction of sp³-hybridized carbons (Fsp3) is 0.105. The van der Waals surface area contributed by atoms with Gasteiger partial charge in [0.25, 0.3) is 0 Å². The Hall–Kier alpha value is -2.65. The van der Waals surface area contributed by atoms with Crippen LogP contribution in [0, 0.1) is 0 Å². The van der Waals surface area contributed by atoms with E-state index < -0.39 is 5.97 Å². The van der Waals surface area contributed by atoms with Gasteiger partial charge < -0.3 is 10.2 Å². The van der Waals surface area contributed by atoms with Crippen LogP contribution in [0.2, 0.25) is 0 Å². The average molecular weight is 294 g/mol. The smallest absolute Gasteiger partial charge is 0.330 e. The van der Waals surface area contributed by atoms with Gasteiger partial charge in [-0.25, -0.2) is 4.79 Å². The summed E-state index contributed by atoms with van der Waals surface area (Å²) in [5, 5.41) is 22.1. The molecule has 0 spiro atoms. The second-order valence-corrected chi connectivity index (χ2v) is 5.04. The van der Waals surface area contributed by atoms with Gasteiger partial charge in [-0.3, -0.25) is 0 Å². The molecule has 0 radical (unpaired) electrons. The summed E-state index contributed by atoms with van der Waals surface area (Å²) in [6.07, 6.45) is 0. The third-order valence-corrected chi connectivity index (χ3v) is 3.41. The lowest BCUT2D eigenvalue weighted by atomic mass is 9.97. The number of rotatable bonds is 2. The first-order chi connectivity index (χ1) is 10.5. The van der Waals surface area contributed by atoms with Crippen LogP contribution in [0.3, 0.4) is 0 Å². The highest BCUT2D eigenvalue weighted by Crippen LogP contribution is 2.28. The first-order valence-corrected chi connectivity index (χ1v) is 6.93. The zero-order chi connectivity index (χ0) is 16.1. The van der Waals surface area contributed by atoms with Crippen LogP contribution in [0.1, 0.15) is 12.5 Å². The van der Waals surface area contributed by atoms with Crippen molar-refractivity contribution in [1.29, 1.82) is 0 Å². The molecule has 0 saturated carbocycles. The van der Waals surface area contributed by atoms with Gasteiger partial charge in [0, 0.05) is 5.57 Å². The van der Waals surface area contributed by atoms with Crippen molar-refractivity contribution >= 4 is 27.5 Å². The Balaban J connectivity index is 0.000000254.